The van der Waals surface area contributed by atoms with Crippen LogP contribution in [0.5, 0.6) is 0 Å². The first kappa shape index (κ1) is 24.2. The van der Waals surface area contributed by atoms with Gasteiger partial charge in [0.25, 0.3) is 0 Å². The standard InChI is InChI=1S/C21H39N3O2S.HI/c1-16-8-9-20(12-17(16)2)24-21(22-13-18-6-4-3-5-7-18)23-14-19-10-11-27(25,26)15-19;/h16-20H,3-15H2,1-2H3,(H2,22,23,24);1H. The highest BCUT2D eigenvalue weighted by atomic mass is 127. The molecule has 7 heteroatoms. The first-order valence-electron chi connectivity index (χ1n) is 11.2. The van der Waals surface area contributed by atoms with Crippen molar-refractivity contribution in [2.45, 2.75) is 77.7 Å². The van der Waals surface area contributed by atoms with Crippen LogP contribution in [0.2, 0.25) is 0 Å². The summed E-state index contributed by atoms with van der Waals surface area (Å²) in [5.74, 6) is 4.06. The number of rotatable bonds is 5. The second kappa shape index (κ2) is 11.4. The summed E-state index contributed by atoms with van der Waals surface area (Å²) in [6.07, 6.45) is 11.2. The summed E-state index contributed by atoms with van der Waals surface area (Å²) in [6.45, 7) is 6.33. The summed E-state index contributed by atoms with van der Waals surface area (Å²) < 4.78 is 23.4. The lowest BCUT2D eigenvalue weighted by Gasteiger charge is -2.33. The van der Waals surface area contributed by atoms with Crippen molar-refractivity contribution in [2.24, 2.45) is 28.7 Å². The Hall–Kier alpha value is -0.0500. The molecule has 0 bridgehead atoms. The molecule has 1 saturated heterocycles. The van der Waals surface area contributed by atoms with E-state index in [4.69, 9.17) is 4.99 Å². The molecule has 3 rings (SSSR count). The zero-order chi connectivity index (χ0) is 19.3. The molecule has 2 aliphatic carbocycles. The summed E-state index contributed by atoms with van der Waals surface area (Å²) >= 11 is 0. The van der Waals surface area contributed by atoms with Crippen molar-refractivity contribution in [3.05, 3.63) is 0 Å². The molecule has 0 amide bonds. The fourth-order valence-corrected chi connectivity index (χ4v) is 6.74. The lowest BCUT2D eigenvalue weighted by atomic mass is 9.79. The van der Waals surface area contributed by atoms with E-state index in [0.717, 1.165) is 36.7 Å². The van der Waals surface area contributed by atoms with Gasteiger partial charge < -0.3 is 10.6 Å². The minimum absolute atomic E-state index is 0. The first-order valence-corrected chi connectivity index (χ1v) is 13.0. The van der Waals surface area contributed by atoms with Gasteiger partial charge in [0.05, 0.1) is 11.5 Å². The first-order chi connectivity index (χ1) is 12.9. The Kier molecular flexibility index (Phi) is 9.84. The number of nitrogens with one attached hydrogen (secondary N) is 2. The molecule has 0 radical (unpaired) electrons. The van der Waals surface area contributed by atoms with Crippen molar-refractivity contribution in [1.82, 2.24) is 10.6 Å². The van der Waals surface area contributed by atoms with E-state index >= 15 is 0 Å². The Labute approximate surface area is 189 Å². The van der Waals surface area contributed by atoms with Crippen LogP contribution in [0.4, 0.5) is 0 Å². The molecule has 5 nitrogen and oxygen atoms in total. The summed E-state index contributed by atoms with van der Waals surface area (Å²) in [5.41, 5.74) is 0. The minimum atomic E-state index is -2.82. The molecule has 0 aromatic rings. The lowest BCUT2D eigenvalue weighted by Crippen LogP contribution is -2.47. The molecule has 1 heterocycles. The number of guanidine groups is 1. The van der Waals surface area contributed by atoms with Crippen LogP contribution in [0.15, 0.2) is 4.99 Å². The van der Waals surface area contributed by atoms with E-state index in [1.165, 1.54) is 51.4 Å². The molecule has 28 heavy (non-hydrogen) atoms. The fourth-order valence-electron chi connectivity index (χ4n) is 4.89. The Bertz CT molecular complexity index is 605. The third-order valence-corrected chi connectivity index (χ3v) is 8.89. The van der Waals surface area contributed by atoms with Crippen molar-refractivity contribution in [3.63, 3.8) is 0 Å². The Balaban J connectivity index is 0.00000280. The Morgan fingerprint density at radius 2 is 1.71 bits per heavy atom. The van der Waals surface area contributed by atoms with E-state index in [9.17, 15) is 8.42 Å². The van der Waals surface area contributed by atoms with Gasteiger partial charge in [0.2, 0.25) is 0 Å². The lowest BCUT2D eigenvalue weighted by molar-refractivity contribution is 0.239. The number of nitrogens with zero attached hydrogens (tertiary/aromatic N) is 1. The quantitative estimate of drug-likeness (QED) is 0.324. The molecule has 3 aliphatic rings. The molecule has 0 aromatic heterocycles. The average molecular weight is 526 g/mol. The molecule has 0 aromatic carbocycles. The van der Waals surface area contributed by atoms with Gasteiger partial charge in [-0.1, -0.05) is 33.1 Å². The zero-order valence-corrected chi connectivity index (χ0v) is 20.8. The number of sulfone groups is 1. The number of aliphatic imine (C=N–C) groups is 1. The maximum atomic E-state index is 11.7. The van der Waals surface area contributed by atoms with Gasteiger partial charge in [-0.25, -0.2) is 8.42 Å². The van der Waals surface area contributed by atoms with Crippen LogP contribution >= 0.6 is 24.0 Å². The zero-order valence-electron chi connectivity index (χ0n) is 17.7. The largest absolute Gasteiger partial charge is 0.356 e. The molecule has 164 valence electrons. The fraction of sp³-hybridized carbons (Fsp3) is 0.952. The highest BCUT2D eigenvalue weighted by Gasteiger charge is 2.28. The van der Waals surface area contributed by atoms with Gasteiger partial charge in [-0.15, -0.1) is 24.0 Å². The van der Waals surface area contributed by atoms with E-state index in [1.807, 2.05) is 0 Å². The van der Waals surface area contributed by atoms with Crippen molar-refractivity contribution in [3.8, 4) is 0 Å². The second-order valence-corrected chi connectivity index (χ2v) is 11.7. The predicted octanol–water partition coefficient (Wildman–Crippen LogP) is 3.98. The Morgan fingerprint density at radius 1 is 0.964 bits per heavy atom. The van der Waals surface area contributed by atoms with Crippen molar-refractivity contribution < 1.29 is 8.42 Å². The van der Waals surface area contributed by atoms with E-state index in [-0.39, 0.29) is 29.9 Å². The van der Waals surface area contributed by atoms with Crippen LogP contribution in [0.25, 0.3) is 0 Å². The summed E-state index contributed by atoms with van der Waals surface area (Å²) in [4.78, 5) is 4.82. The SMILES string of the molecule is CC1CCC(NC(=NCC2CCS(=O)(=O)C2)NCC2CCCCC2)CC1C.I. The van der Waals surface area contributed by atoms with Gasteiger partial charge in [0.1, 0.15) is 0 Å². The molecule has 2 saturated carbocycles. The molecule has 4 unspecified atom stereocenters. The number of halogens is 1. The minimum Gasteiger partial charge on any atom is -0.356 e. The van der Waals surface area contributed by atoms with E-state index in [1.54, 1.807) is 0 Å². The van der Waals surface area contributed by atoms with Gasteiger partial charge in [0.15, 0.2) is 15.8 Å². The summed E-state index contributed by atoms with van der Waals surface area (Å²) in [5, 5.41) is 7.28. The van der Waals surface area contributed by atoms with Crippen LogP contribution in [0.1, 0.15) is 71.6 Å². The number of hydrogen-bond donors (Lipinski definition) is 2. The molecular weight excluding hydrogens is 485 g/mol. The van der Waals surface area contributed by atoms with Gasteiger partial charge in [-0.3, -0.25) is 4.99 Å². The predicted molar refractivity (Wildman–Crippen MR) is 128 cm³/mol. The highest BCUT2D eigenvalue weighted by Crippen LogP contribution is 2.29. The maximum absolute atomic E-state index is 11.7. The van der Waals surface area contributed by atoms with Crippen LogP contribution in [-0.2, 0) is 9.84 Å². The third-order valence-electron chi connectivity index (χ3n) is 7.06. The van der Waals surface area contributed by atoms with Gasteiger partial charge in [0, 0.05) is 19.1 Å². The van der Waals surface area contributed by atoms with Crippen molar-refractivity contribution >= 4 is 39.8 Å². The van der Waals surface area contributed by atoms with Gasteiger partial charge >= 0.3 is 0 Å². The highest BCUT2D eigenvalue weighted by molar-refractivity contribution is 14.0. The van der Waals surface area contributed by atoms with Crippen LogP contribution < -0.4 is 10.6 Å². The van der Waals surface area contributed by atoms with Crippen LogP contribution in [0, 0.1) is 23.7 Å². The topological polar surface area (TPSA) is 70.6 Å². The van der Waals surface area contributed by atoms with Crippen LogP contribution in [0.3, 0.4) is 0 Å². The number of hydrogen-bond acceptors (Lipinski definition) is 3. The maximum Gasteiger partial charge on any atom is 0.191 e. The molecule has 4 atom stereocenters. The summed E-state index contributed by atoms with van der Waals surface area (Å²) in [6, 6.07) is 0.487. The van der Waals surface area contributed by atoms with Crippen molar-refractivity contribution in [1.29, 1.82) is 0 Å². The second-order valence-electron chi connectivity index (χ2n) is 9.45. The molecule has 1 aliphatic heterocycles. The van der Waals surface area contributed by atoms with Gasteiger partial charge in [-0.2, -0.15) is 0 Å². The molecular formula is C21H40IN3O2S. The van der Waals surface area contributed by atoms with Gasteiger partial charge in [-0.05, 0) is 62.2 Å². The average Bonchev–Trinajstić information content (AvgIpc) is 3.00. The van der Waals surface area contributed by atoms with E-state index in [2.05, 4.69) is 24.5 Å². The van der Waals surface area contributed by atoms with Crippen LogP contribution in [-0.4, -0.2) is 45.0 Å². The van der Waals surface area contributed by atoms with E-state index in [0.29, 0.717) is 24.1 Å². The smallest absolute Gasteiger partial charge is 0.191 e. The monoisotopic (exact) mass is 525 g/mol. The Morgan fingerprint density at radius 3 is 2.36 bits per heavy atom. The third kappa shape index (κ3) is 7.65. The normalized spacial score (nSPS) is 33.9. The molecule has 2 N–H and O–H groups in total. The van der Waals surface area contributed by atoms with E-state index < -0.39 is 9.84 Å². The van der Waals surface area contributed by atoms with Crippen molar-refractivity contribution in [2.75, 3.05) is 24.6 Å². The molecule has 3 fully saturated rings. The molecule has 0 spiro atoms. The summed E-state index contributed by atoms with van der Waals surface area (Å²) in [7, 11) is -2.82.